The first-order chi connectivity index (χ1) is 4.43. The number of rotatable bonds is 2. The number of aromatic nitrogens is 1. The standard InChI is InChI=1S/C7H9N2/c1-2-9-7-4-3-5-8-6-7/h3-6,9H,1-2H2. The van der Waals surface area contributed by atoms with Crippen molar-refractivity contribution in [1.82, 2.24) is 4.98 Å². The zero-order valence-corrected chi connectivity index (χ0v) is 5.17. The SMILES string of the molecule is [CH2]CNc1cccnc1. The summed E-state index contributed by atoms with van der Waals surface area (Å²) in [6.07, 6.45) is 3.51. The maximum atomic E-state index is 3.91. The van der Waals surface area contributed by atoms with Crippen LogP contribution in [0.1, 0.15) is 0 Å². The van der Waals surface area contributed by atoms with E-state index in [4.69, 9.17) is 0 Å². The Bertz CT molecular complexity index is 160. The Morgan fingerprint density at radius 1 is 1.67 bits per heavy atom. The number of anilines is 1. The fourth-order valence-electron chi connectivity index (χ4n) is 0.612. The van der Waals surface area contributed by atoms with Crippen LogP contribution < -0.4 is 5.32 Å². The lowest BCUT2D eigenvalue weighted by molar-refractivity contribution is 1.27. The van der Waals surface area contributed by atoms with Crippen LogP contribution in [0.15, 0.2) is 24.5 Å². The number of hydrogen-bond acceptors (Lipinski definition) is 2. The molecule has 1 N–H and O–H groups in total. The highest BCUT2D eigenvalue weighted by atomic mass is 14.9. The number of nitrogens with zero attached hydrogens (tertiary/aromatic N) is 1. The van der Waals surface area contributed by atoms with E-state index in [2.05, 4.69) is 17.2 Å². The van der Waals surface area contributed by atoms with Crippen LogP contribution in [-0.2, 0) is 0 Å². The van der Waals surface area contributed by atoms with E-state index in [1.165, 1.54) is 0 Å². The Morgan fingerprint density at radius 2 is 2.56 bits per heavy atom. The molecule has 47 valence electrons. The summed E-state index contributed by atoms with van der Waals surface area (Å²) in [5.41, 5.74) is 1.02. The number of hydrogen-bond donors (Lipinski definition) is 1. The van der Waals surface area contributed by atoms with Gasteiger partial charge in [-0.1, -0.05) is 0 Å². The van der Waals surface area contributed by atoms with Crippen molar-refractivity contribution < 1.29 is 0 Å². The average molecular weight is 121 g/mol. The average Bonchev–Trinajstić information content (AvgIpc) is 1.91. The van der Waals surface area contributed by atoms with Crippen molar-refractivity contribution in [2.45, 2.75) is 0 Å². The summed E-state index contributed by atoms with van der Waals surface area (Å²) in [6, 6.07) is 3.84. The summed E-state index contributed by atoms with van der Waals surface area (Å²) in [6.45, 7) is 4.34. The molecule has 0 aliphatic rings. The van der Waals surface area contributed by atoms with E-state index in [0.717, 1.165) is 5.69 Å². The van der Waals surface area contributed by atoms with Crippen LogP contribution in [0.2, 0.25) is 0 Å². The molecule has 9 heavy (non-hydrogen) atoms. The highest BCUT2D eigenvalue weighted by molar-refractivity contribution is 5.39. The van der Waals surface area contributed by atoms with Crippen LogP contribution in [0, 0.1) is 6.92 Å². The molecule has 0 aromatic carbocycles. The highest BCUT2D eigenvalue weighted by Crippen LogP contribution is 2.00. The minimum Gasteiger partial charge on any atom is -0.384 e. The van der Waals surface area contributed by atoms with Crippen molar-refractivity contribution in [1.29, 1.82) is 0 Å². The summed E-state index contributed by atoms with van der Waals surface area (Å²) in [5, 5.41) is 3.03. The molecule has 1 radical (unpaired) electrons. The lowest BCUT2D eigenvalue weighted by Crippen LogP contribution is -1.95. The molecular weight excluding hydrogens is 112 g/mol. The molecule has 0 spiro atoms. The molecule has 1 rings (SSSR count). The van der Waals surface area contributed by atoms with Crippen molar-refractivity contribution in [3.05, 3.63) is 31.5 Å². The molecule has 0 amide bonds. The Hall–Kier alpha value is -1.05. The molecule has 2 heteroatoms. The van der Waals surface area contributed by atoms with Crippen molar-refractivity contribution in [2.75, 3.05) is 11.9 Å². The number of pyridine rings is 1. The lowest BCUT2D eigenvalue weighted by Gasteiger charge is -1.98. The van der Waals surface area contributed by atoms with Gasteiger partial charge in [0.25, 0.3) is 0 Å². The normalized spacial score (nSPS) is 9.00. The Labute approximate surface area is 54.9 Å². The number of nitrogens with one attached hydrogen (secondary N) is 1. The zero-order chi connectivity index (χ0) is 6.53. The second-order valence-electron chi connectivity index (χ2n) is 1.67. The van der Waals surface area contributed by atoms with Crippen molar-refractivity contribution in [3.8, 4) is 0 Å². The molecule has 0 saturated carbocycles. The van der Waals surface area contributed by atoms with Crippen LogP contribution >= 0.6 is 0 Å². The van der Waals surface area contributed by atoms with E-state index >= 15 is 0 Å². The molecule has 1 heterocycles. The van der Waals surface area contributed by atoms with Crippen molar-refractivity contribution in [2.24, 2.45) is 0 Å². The van der Waals surface area contributed by atoms with E-state index in [0.29, 0.717) is 6.54 Å². The predicted octanol–water partition coefficient (Wildman–Crippen LogP) is 1.33. The summed E-state index contributed by atoms with van der Waals surface area (Å²) in [7, 11) is 0. The largest absolute Gasteiger partial charge is 0.384 e. The molecule has 0 unspecified atom stereocenters. The molecule has 0 aliphatic heterocycles. The fourth-order valence-corrected chi connectivity index (χ4v) is 0.612. The van der Waals surface area contributed by atoms with E-state index in [1.54, 1.807) is 12.4 Å². The third kappa shape index (κ3) is 1.72. The smallest absolute Gasteiger partial charge is 0.0526 e. The van der Waals surface area contributed by atoms with Gasteiger partial charge in [0.2, 0.25) is 0 Å². The molecule has 1 aromatic heterocycles. The van der Waals surface area contributed by atoms with Gasteiger partial charge in [-0.25, -0.2) is 0 Å². The molecule has 0 aliphatic carbocycles. The first-order valence-corrected chi connectivity index (χ1v) is 2.86. The maximum Gasteiger partial charge on any atom is 0.0526 e. The van der Waals surface area contributed by atoms with Crippen LogP contribution in [-0.4, -0.2) is 11.5 Å². The Kier molecular flexibility index (Phi) is 2.07. The summed E-state index contributed by atoms with van der Waals surface area (Å²) in [4.78, 5) is 3.91. The van der Waals surface area contributed by atoms with E-state index < -0.39 is 0 Å². The van der Waals surface area contributed by atoms with Gasteiger partial charge in [0.1, 0.15) is 0 Å². The molecule has 0 bridgehead atoms. The second-order valence-corrected chi connectivity index (χ2v) is 1.67. The molecule has 1 aromatic rings. The van der Waals surface area contributed by atoms with Crippen LogP contribution in [0.25, 0.3) is 0 Å². The Balaban J connectivity index is 2.61. The quantitative estimate of drug-likeness (QED) is 0.638. The van der Waals surface area contributed by atoms with Gasteiger partial charge in [0.15, 0.2) is 0 Å². The van der Waals surface area contributed by atoms with Gasteiger partial charge in [0, 0.05) is 18.9 Å². The minimum absolute atomic E-state index is 0.700. The first-order valence-electron chi connectivity index (χ1n) is 2.86. The van der Waals surface area contributed by atoms with Gasteiger partial charge in [-0.15, -0.1) is 0 Å². The van der Waals surface area contributed by atoms with E-state index in [1.807, 2.05) is 12.1 Å². The minimum atomic E-state index is 0.700. The van der Waals surface area contributed by atoms with Crippen molar-refractivity contribution >= 4 is 5.69 Å². The van der Waals surface area contributed by atoms with Crippen molar-refractivity contribution in [3.63, 3.8) is 0 Å². The predicted molar refractivity (Wildman–Crippen MR) is 38.1 cm³/mol. The fraction of sp³-hybridized carbons (Fsp3) is 0.143. The molecule has 0 fully saturated rings. The third-order valence-electron chi connectivity index (χ3n) is 0.991. The monoisotopic (exact) mass is 121 g/mol. The lowest BCUT2D eigenvalue weighted by atomic mass is 10.4. The molecular formula is C7H9N2. The topological polar surface area (TPSA) is 24.9 Å². The van der Waals surface area contributed by atoms with Gasteiger partial charge >= 0.3 is 0 Å². The van der Waals surface area contributed by atoms with Crippen LogP contribution in [0.4, 0.5) is 5.69 Å². The van der Waals surface area contributed by atoms with E-state index in [-0.39, 0.29) is 0 Å². The van der Waals surface area contributed by atoms with Gasteiger partial charge in [-0.2, -0.15) is 0 Å². The van der Waals surface area contributed by atoms with Gasteiger partial charge in [-0.05, 0) is 19.1 Å². The van der Waals surface area contributed by atoms with Gasteiger partial charge in [-0.3, -0.25) is 4.98 Å². The van der Waals surface area contributed by atoms with Gasteiger partial charge < -0.3 is 5.32 Å². The maximum absolute atomic E-state index is 3.91. The van der Waals surface area contributed by atoms with Crippen LogP contribution in [0.5, 0.6) is 0 Å². The molecule has 0 atom stereocenters. The Morgan fingerprint density at radius 3 is 3.11 bits per heavy atom. The summed E-state index contributed by atoms with van der Waals surface area (Å²) >= 11 is 0. The summed E-state index contributed by atoms with van der Waals surface area (Å²) in [5.74, 6) is 0. The second kappa shape index (κ2) is 3.07. The summed E-state index contributed by atoms with van der Waals surface area (Å²) < 4.78 is 0. The zero-order valence-electron chi connectivity index (χ0n) is 5.17. The van der Waals surface area contributed by atoms with Gasteiger partial charge in [0.05, 0.1) is 5.69 Å². The third-order valence-corrected chi connectivity index (χ3v) is 0.991. The highest BCUT2D eigenvalue weighted by Gasteiger charge is 1.82. The molecule has 0 saturated heterocycles. The molecule has 2 nitrogen and oxygen atoms in total. The van der Waals surface area contributed by atoms with E-state index in [9.17, 15) is 0 Å². The van der Waals surface area contributed by atoms with Crippen LogP contribution in [0.3, 0.4) is 0 Å². The first kappa shape index (κ1) is 6.08.